The summed E-state index contributed by atoms with van der Waals surface area (Å²) in [6, 6.07) is 2.07. The lowest BCUT2D eigenvalue weighted by Gasteiger charge is -2.18. The van der Waals surface area contributed by atoms with Crippen molar-refractivity contribution >= 4 is 41.6 Å². The molecule has 25 heavy (non-hydrogen) atoms. The third-order valence-electron chi connectivity index (χ3n) is 3.74. The van der Waals surface area contributed by atoms with Crippen molar-refractivity contribution in [2.75, 3.05) is 18.4 Å². The van der Waals surface area contributed by atoms with Crippen LogP contribution < -0.4 is 5.32 Å². The van der Waals surface area contributed by atoms with Crippen molar-refractivity contribution in [2.45, 2.75) is 38.8 Å². The number of unbranched alkanes of at least 4 members (excludes halogenated alkanes) is 1. The summed E-state index contributed by atoms with van der Waals surface area (Å²) < 4.78 is 38.2. The summed E-state index contributed by atoms with van der Waals surface area (Å²) in [4.78, 5) is 18.1. The number of amidine groups is 1. The number of alkyl halides is 3. The maximum atomic E-state index is 12.7. The zero-order valence-corrected chi connectivity index (χ0v) is 15.3. The van der Waals surface area contributed by atoms with Crippen molar-refractivity contribution in [3.63, 3.8) is 0 Å². The van der Waals surface area contributed by atoms with Crippen molar-refractivity contribution in [3.8, 4) is 0 Å². The molecule has 0 saturated carbocycles. The van der Waals surface area contributed by atoms with Gasteiger partial charge in [-0.15, -0.1) is 12.4 Å². The summed E-state index contributed by atoms with van der Waals surface area (Å²) in [6.45, 7) is 3.75. The number of carbonyl (C=O) groups is 1. The van der Waals surface area contributed by atoms with Crippen LogP contribution in [0.4, 0.5) is 23.7 Å². The van der Waals surface area contributed by atoms with Crippen LogP contribution in [0.5, 0.6) is 0 Å². The molecule has 0 aliphatic carbocycles. The first-order valence-corrected chi connectivity index (χ1v) is 8.19. The van der Waals surface area contributed by atoms with E-state index in [1.165, 1.54) is 0 Å². The van der Waals surface area contributed by atoms with Crippen LogP contribution in [0.15, 0.2) is 23.2 Å². The summed E-state index contributed by atoms with van der Waals surface area (Å²) >= 11 is 5.86. The Morgan fingerprint density at radius 2 is 2.12 bits per heavy atom. The number of urea groups is 1. The van der Waals surface area contributed by atoms with Gasteiger partial charge < -0.3 is 10.2 Å². The number of benzene rings is 1. The van der Waals surface area contributed by atoms with E-state index in [4.69, 9.17) is 11.6 Å². The maximum absolute atomic E-state index is 12.7. The minimum Gasteiger partial charge on any atom is -0.360 e. The van der Waals surface area contributed by atoms with Crippen LogP contribution in [0.1, 0.15) is 38.2 Å². The van der Waals surface area contributed by atoms with Gasteiger partial charge in [0.1, 0.15) is 5.84 Å². The Balaban J connectivity index is 0.00000312. The van der Waals surface area contributed by atoms with Gasteiger partial charge in [-0.25, -0.2) is 4.79 Å². The van der Waals surface area contributed by atoms with Crippen molar-refractivity contribution in [2.24, 2.45) is 4.99 Å². The molecule has 0 radical (unpaired) electrons. The van der Waals surface area contributed by atoms with Gasteiger partial charge in [-0.1, -0.05) is 24.9 Å². The molecule has 1 aromatic carbocycles. The van der Waals surface area contributed by atoms with Crippen molar-refractivity contribution < 1.29 is 18.0 Å². The first-order valence-electron chi connectivity index (χ1n) is 7.81. The van der Waals surface area contributed by atoms with E-state index in [1.54, 1.807) is 0 Å². The number of nitrogens with zero attached hydrogens (tertiary/aromatic N) is 2. The van der Waals surface area contributed by atoms with Gasteiger partial charge in [-0.2, -0.15) is 18.2 Å². The van der Waals surface area contributed by atoms with E-state index in [9.17, 15) is 18.0 Å². The predicted octanol–water partition coefficient (Wildman–Crippen LogP) is 5.61. The number of amides is 2. The minimum atomic E-state index is -4.50. The number of likely N-dealkylation sites (tertiary alicyclic amines) is 1. The van der Waals surface area contributed by atoms with Gasteiger partial charge in [-0.05, 0) is 31.0 Å². The zero-order valence-electron chi connectivity index (χ0n) is 13.7. The van der Waals surface area contributed by atoms with Crippen molar-refractivity contribution in [1.82, 2.24) is 4.90 Å². The van der Waals surface area contributed by atoms with Gasteiger partial charge in [0, 0.05) is 19.5 Å². The van der Waals surface area contributed by atoms with E-state index < -0.39 is 17.8 Å². The molecular weight excluding hydrogens is 378 g/mol. The number of anilines is 1. The molecule has 1 saturated heterocycles. The smallest absolute Gasteiger partial charge is 0.360 e. The lowest BCUT2D eigenvalue weighted by molar-refractivity contribution is -0.137. The second-order valence-corrected chi connectivity index (χ2v) is 6.00. The molecule has 4 nitrogen and oxygen atoms in total. The topological polar surface area (TPSA) is 44.7 Å². The first kappa shape index (κ1) is 21.6. The molecule has 2 rings (SSSR count). The Kier molecular flexibility index (Phi) is 8.02. The molecule has 0 unspecified atom stereocenters. The second-order valence-electron chi connectivity index (χ2n) is 5.59. The van der Waals surface area contributed by atoms with Gasteiger partial charge in [-0.3, -0.25) is 0 Å². The normalized spacial score (nSPS) is 16.0. The molecule has 1 heterocycles. The Morgan fingerprint density at radius 1 is 1.40 bits per heavy atom. The molecular formula is C16H20Cl2F3N3O. The summed E-state index contributed by atoms with van der Waals surface area (Å²) in [7, 11) is 0. The van der Waals surface area contributed by atoms with E-state index >= 15 is 0 Å². The van der Waals surface area contributed by atoms with E-state index in [1.807, 2.05) is 4.90 Å². The highest BCUT2D eigenvalue weighted by Crippen LogP contribution is 2.33. The number of aliphatic imine (C=N–C) groups is 1. The average Bonchev–Trinajstić information content (AvgIpc) is 2.93. The molecule has 9 heteroatoms. The van der Waals surface area contributed by atoms with E-state index in [-0.39, 0.29) is 23.1 Å². The predicted molar refractivity (Wildman–Crippen MR) is 95.9 cm³/mol. The molecule has 1 aliphatic heterocycles. The van der Waals surface area contributed by atoms with Gasteiger partial charge in [0.25, 0.3) is 0 Å². The fourth-order valence-corrected chi connectivity index (χ4v) is 2.65. The molecule has 0 bridgehead atoms. The van der Waals surface area contributed by atoms with Gasteiger partial charge in [0.15, 0.2) is 0 Å². The highest BCUT2D eigenvalue weighted by Gasteiger charge is 2.31. The fourth-order valence-electron chi connectivity index (χ4n) is 2.49. The van der Waals surface area contributed by atoms with Crippen LogP contribution in [0, 0.1) is 0 Å². The standard InChI is InChI=1S/C16H19ClF3N3O.ClH/c1-2-3-8-23-9-4-5-14(23)22-15(24)21-13-10-11(16(18,19)20)6-7-12(13)17;/h6-7,10H,2-5,8-9H2,1H3,(H,21,24);1H/b22-14-;. The van der Waals surface area contributed by atoms with Gasteiger partial charge >= 0.3 is 12.2 Å². The van der Waals surface area contributed by atoms with E-state index in [2.05, 4.69) is 17.2 Å². The van der Waals surface area contributed by atoms with E-state index in [0.29, 0.717) is 12.3 Å². The lowest BCUT2D eigenvalue weighted by Crippen LogP contribution is -2.27. The number of nitrogens with one attached hydrogen (secondary N) is 1. The first-order chi connectivity index (χ1) is 11.3. The van der Waals surface area contributed by atoms with Crippen LogP contribution in [0.3, 0.4) is 0 Å². The summed E-state index contributed by atoms with van der Waals surface area (Å²) in [6.07, 6.45) is -0.859. The Hall–Kier alpha value is -1.47. The summed E-state index contributed by atoms with van der Waals surface area (Å²) in [5, 5.41) is 2.37. The van der Waals surface area contributed by atoms with Crippen LogP contribution in [0.2, 0.25) is 5.02 Å². The van der Waals surface area contributed by atoms with Gasteiger partial charge in [0.05, 0.1) is 16.3 Å². The average molecular weight is 398 g/mol. The SMILES string of the molecule is CCCCN1CCC/C1=N/C(=O)Nc1cc(C(F)(F)F)ccc1Cl.Cl. The van der Waals surface area contributed by atoms with Crippen molar-refractivity contribution in [3.05, 3.63) is 28.8 Å². The molecule has 0 aromatic heterocycles. The van der Waals surface area contributed by atoms with Crippen LogP contribution >= 0.6 is 24.0 Å². The van der Waals surface area contributed by atoms with Crippen LogP contribution in [-0.2, 0) is 6.18 Å². The molecule has 1 aromatic rings. The number of carbonyl (C=O) groups excluding carboxylic acids is 1. The molecule has 0 spiro atoms. The molecule has 1 aliphatic rings. The largest absolute Gasteiger partial charge is 0.416 e. The monoisotopic (exact) mass is 397 g/mol. The fraction of sp³-hybridized carbons (Fsp3) is 0.500. The number of hydrogen-bond donors (Lipinski definition) is 1. The van der Waals surface area contributed by atoms with E-state index in [0.717, 1.165) is 50.6 Å². The summed E-state index contributed by atoms with van der Waals surface area (Å²) in [5.41, 5.74) is -0.973. The molecule has 0 atom stereocenters. The molecule has 1 fully saturated rings. The number of halogens is 5. The lowest BCUT2D eigenvalue weighted by atomic mass is 10.2. The Bertz CT molecular complexity index is 636. The summed E-state index contributed by atoms with van der Waals surface area (Å²) in [5.74, 6) is 0.670. The number of hydrogen-bond acceptors (Lipinski definition) is 1. The van der Waals surface area contributed by atoms with Crippen LogP contribution in [0.25, 0.3) is 0 Å². The van der Waals surface area contributed by atoms with Crippen LogP contribution in [-0.4, -0.2) is 29.9 Å². The molecule has 1 N–H and O–H groups in total. The van der Waals surface area contributed by atoms with Crippen molar-refractivity contribution in [1.29, 1.82) is 0 Å². The molecule has 140 valence electrons. The Morgan fingerprint density at radius 3 is 2.76 bits per heavy atom. The minimum absolute atomic E-state index is 0. The third kappa shape index (κ3) is 6.08. The maximum Gasteiger partial charge on any atom is 0.416 e. The second kappa shape index (κ2) is 9.29. The number of rotatable bonds is 4. The Labute approximate surface area is 155 Å². The third-order valence-corrected chi connectivity index (χ3v) is 4.07. The highest BCUT2D eigenvalue weighted by molar-refractivity contribution is 6.33. The highest BCUT2D eigenvalue weighted by atomic mass is 35.5. The zero-order chi connectivity index (χ0) is 17.7. The quantitative estimate of drug-likeness (QED) is 0.717. The van der Waals surface area contributed by atoms with Gasteiger partial charge in [0.2, 0.25) is 0 Å². The molecule has 2 amide bonds.